The van der Waals surface area contributed by atoms with Crippen LogP contribution in [-0.4, -0.2) is 32.7 Å². The van der Waals surface area contributed by atoms with Gasteiger partial charge in [0.15, 0.2) is 0 Å². The van der Waals surface area contributed by atoms with Crippen LogP contribution < -0.4 is 15.8 Å². The van der Waals surface area contributed by atoms with Gasteiger partial charge in [-0.15, -0.1) is 12.4 Å². The molecule has 1 rings (SSSR count). The summed E-state index contributed by atoms with van der Waals surface area (Å²) in [6, 6.07) is 8.57. The van der Waals surface area contributed by atoms with E-state index in [0.717, 1.165) is 5.56 Å². The minimum absolute atomic E-state index is 0. The Morgan fingerprint density at radius 1 is 1.30 bits per heavy atom. The van der Waals surface area contributed by atoms with E-state index in [1.54, 1.807) is 0 Å². The number of carbonyl (C=O) groups is 1. The summed E-state index contributed by atoms with van der Waals surface area (Å²) in [6.07, 6.45) is 0. The van der Waals surface area contributed by atoms with Crippen molar-refractivity contribution in [3.63, 3.8) is 0 Å². The quantitative estimate of drug-likeness (QED) is 0.657. The van der Waals surface area contributed by atoms with Crippen LogP contribution in [0.1, 0.15) is 12.5 Å². The van der Waals surface area contributed by atoms with E-state index in [0.29, 0.717) is 0 Å². The molecule has 0 aliphatic carbocycles. The molecular weight excluding hydrogens is 302 g/mol. The molecule has 0 radical (unpaired) electrons. The molecule has 0 aliphatic heterocycles. The standard InChI is InChI=1S/C12H19N3O3S.ClH/c1-10(13)12(16)14-7-8-19(17,18)15-9-11-5-3-2-4-6-11;/h2-6,10,15H,7-9,13H2,1H3,(H,14,16);1H/t10-;/m1./s1. The van der Waals surface area contributed by atoms with Crippen molar-refractivity contribution in [1.82, 2.24) is 10.0 Å². The highest BCUT2D eigenvalue weighted by Crippen LogP contribution is 1.98. The molecule has 8 heteroatoms. The third-order valence-electron chi connectivity index (χ3n) is 2.42. The maximum absolute atomic E-state index is 11.7. The monoisotopic (exact) mass is 321 g/mol. The van der Waals surface area contributed by atoms with Crippen LogP contribution in [0.2, 0.25) is 0 Å². The number of benzene rings is 1. The van der Waals surface area contributed by atoms with E-state index in [-0.39, 0.29) is 37.2 Å². The van der Waals surface area contributed by atoms with E-state index in [4.69, 9.17) is 5.73 Å². The number of nitrogens with one attached hydrogen (secondary N) is 2. The van der Waals surface area contributed by atoms with Crippen LogP contribution >= 0.6 is 12.4 Å². The van der Waals surface area contributed by atoms with Crippen molar-refractivity contribution in [3.8, 4) is 0 Å². The van der Waals surface area contributed by atoms with Crippen molar-refractivity contribution in [1.29, 1.82) is 0 Å². The predicted molar refractivity (Wildman–Crippen MR) is 81.0 cm³/mol. The van der Waals surface area contributed by atoms with Crippen molar-refractivity contribution in [2.45, 2.75) is 19.5 Å². The fourth-order valence-corrected chi connectivity index (χ4v) is 2.23. The van der Waals surface area contributed by atoms with Gasteiger partial charge in [-0.1, -0.05) is 30.3 Å². The number of nitrogens with two attached hydrogens (primary N) is 1. The molecule has 1 atom stereocenters. The Bertz CT molecular complexity index is 506. The number of sulfonamides is 1. The fourth-order valence-electron chi connectivity index (χ4n) is 1.33. The molecule has 20 heavy (non-hydrogen) atoms. The molecule has 4 N–H and O–H groups in total. The number of hydrogen-bond acceptors (Lipinski definition) is 4. The summed E-state index contributed by atoms with van der Waals surface area (Å²) in [5.41, 5.74) is 6.22. The highest BCUT2D eigenvalue weighted by atomic mass is 35.5. The number of halogens is 1. The molecule has 114 valence electrons. The number of amides is 1. The maximum Gasteiger partial charge on any atom is 0.236 e. The summed E-state index contributed by atoms with van der Waals surface area (Å²) in [7, 11) is -3.41. The van der Waals surface area contributed by atoms with Crippen LogP contribution in [0.25, 0.3) is 0 Å². The molecule has 0 aromatic heterocycles. The average molecular weight is 322 g/mol. The Labute approximate surface area is 125 Å². The normalized spacial score (nSPS) is 12.3. The number of carbonyl (C=O) groups excluding carboxylic acids is 1. The first-order valence-corrected chi connectivity index (χ1v) is 7.60. The number of hydrogen-bond donors (Lipinski definition) is 3. The summed E-state index contributed by atoms with van der Waals surface area (Å²) in [6.45, 7) is 1.83. The molecule has 0 heterocycles. The molecule has 0 saturated carbocycles. The zero-order chi connectivity index (χ0) is 14.3. The van der Waals surface area contributed by atoms with Crippen LogP contribution in [-0.2, 0) is 21.4 Å². The summed E-state index contributed by atoms with van der Waals surface area (Å²) < 4.78 is 25.8. The molecular formula is C12H20ClN3O3S. The van der Waals surface area contributed by atoms with Gasteiger partial charge in [-0.05, 0) is 12.5 Å². The van der Waals surface area contributed by atoms with Gasteiger partial charge in [-0.2, -0.15) is 0 Å². The Hall–Kier alpha value is -1.15. The van der Waals surface area contributed by atoms with E-state index >= 15 is 0 Å². The second-order valence-corrected chi connectivity index (χ2v) is 6.13. The summed E-state index contributed by atoms with van der Waals surface area (Å²) >= 11 is 0. The zero-order valence-corrected chi connectivity index (χ0v) is 12.8. The molecule has 1 aromatic rings. The Morgan fingerprint density at radius 3 is 2.45 bits per heavy atom. The Kier molecular flexibility index (Phi) is 8.40. The molecule has 0 spiro atoms. The van der Waals surface area contributed by atoms with Gasteiger partial charge in [0, 0.05) is 13.1 Å². The van der Waals surface area contributed by atoms with Crippen molar-refractivity contribution in [3.05, 3.63) is 35.9 Å². The van der Waals surface area contributed by atoms with Gasteiger partial charge >= 0.3 is 0 Å². The highest BCUT2D eigenvalue weighted by Gasteiger charge is 2.12. The van der Waals surface area contributed by atoms with E-state index < -0.39 is 16.1 Å². The predicted octanol–water partition coefficient (Wildman–Crippen LogP) is -0.00880. The minimum atomic E-state index is -3.41. The topological polar surface area (TPSA) is 101 Å². The molecule has 0 bridgehead atoms. The minimum Gasteiger partial charge on any atom is -0.354 e. The molecule has 0 fully saturated rings. The molecule has 0 unspecified atom stereocenters. The van der Waals surface area contributed by atoms with E-state index in [1.807, 2.05) is 30.3 Å². The lowest BCUT2D eigenvalue weighted by Crippen LogP contribution is -2.41. The van der Waals surface area contributed by atoms with Crippen molar-refractivity contribution < 1.29 is 13.2 Å². The van der Waals surface area contributed by atoms with Crippen LogP contribution in [0.4, 0.5) is 0 Å². The van der Waals surface area contributed by atoms with Crippen molar-refractivity contribution in [2.75, 3.05) is 12.3 Å². The van der Waals surface area contributed by atoms with Crippen LogP contribution in [0.5, 0.6) is 0 Å². The van der Waals surface area contributed by atoms with Crippen molar-refractivity contribution in [2.24, 2.45) is 5.73 Å². The van der Waals surface area contributed by atoms with E-state index in [9.17, 15) is 13.2 Å². The number of rotatable bonds is 7. The molecule has 0 aliphatic rings. The highest BCUT2D eigenvalue weighted by molar-refractivity contribution is 7.89. The van der Waals surface area contributed by atoms with Gasteiger partial charge in [0.25, 0.3) is 0 Å². The van der Waals surface area contributed by atoms with Crippen LogP contribution in [0.3, 0.4) is 0 Å². The summed E-state index contributed by atoms with van der Waals surface area (Å²) in [5.74, 6) is -0.531. The fraction of sp³-hybridized carbons (Fsp3) is 0.417. The summed E-state index contributed by atoms with van der Waals surface area (Å²) in [5, 5.41) is 2.45. The SMILES string of the molecule is C[C@@H](N)C(=O)NCCS(=O)(=O)NCc1ccccc1.Cl. The first-order valence-electron chi connectivity index (χ1n) is 5.95. The molecule has 0 saturated heterocycles. The second-order valence-electron chi connectivity index (χ2n) is 4.21. The average Bonchev–Trinajstić information content (AvgIpc) is 2.37. The first kappa shape index (κ1) is 18.9. The van der Waals surface area contributed by atoms with Gasteiger partial charge in [0.2, 0.25) is 15.9 Å². The van der Waals surface area contributed by atoms with E-state index in [2.05, 4.69) is 10.0 Å². The zero-order valence-electron chi connectivity index (χ0n) is 11.2. The molecule has 1 amide bonds. The smallest absolute Gasteiger partial charge is 0.236 e. The largest absolute Gasteiger partial charge is 0.354 e. The van der Waals surface area contributed by atoms with Gasteiger partial charge in [0.1, 0.15) is 0 Å². The summed E-state index contributed by atoms with van der Waals surface area (Å²) in [4.78, 5) is 11.2. The van der Waals surface area contributed by atoms with Crippen LogP contribution in [0.15, 0.2) is 30.3 Å². The van der Waals surface area contributed by atoms with Crippen molar-refractivity contribution >= 4 is 28.3 Å². The van der Waals surface area contributed by atoms with Gasteiger partial charge in [-0.3, -0.25) is 4.79 Å². The van der Waals surface area contributed by atoms with Gasteiger partial charge < -0.3 is 11.1 Å². The third kappa shape index (κ3) is 7.44. The van der Waals surface area contributed by atoms with E-state index in [1.165, 1.54) is 6.92 Å². The Morgan fingerprint density at radius 2 is 1.90 bits per heavy atom. The van der Waals surface area contributed by atoms with Crippen LogP contribution in [0, 0.1) is 0 Å². The molecule has 6 nitrogen and oxygen atoms in total. The second kappa shape index (κ2) is 8.91. The molecule has 1 aromatic carbocycles. The first-order chi connectivity index (χ1) is 8.91. The lowest BCUT2D eigenvalue weighted by atomic mass is 10.2. The lowest BCUT2D eigenvalue weighted by Gasteiger charge is -2.09. The third-order valence-corrected chi connectivity index (χ3v) is 3.75. The lowest BCUT2D eigenvalue weighted by molar-refractivity contribution is -0.121. The van der Waals surface area contributed by atoms with Gasteiger partial charge in [-0.25, -0.2) is 13.1 Å². The Balaban J connectivity index is 0.00000361. The maximum atomic E-state index is 11.7. The van der Waals surface area contributed by atoms with Gasteiger partial charge in [0.05, 0.1) is 11.8 Å².